The van der Waals surface area contributed by atoms with E-state index in [1.54, 1.807) is 19.2 Å². The maximum Gasteiger partial charge on any atom is 0.294 e. The van der Waals surface area contributed by atoms with E-state index in [0.29, 0.717) is 12.0 Å². The van der Waals surface area contributed by atoms with Crippen LogP contribution in [0.25, 0.3) is 0 Å². The molecule has 1 heterocycles. The topological polar surface area (TPSA) is 95.9 Å². The van der Waals surface area contributed by atoms with Gasteiger partial charge in [0.25, 0.3) is 10.1 Å². The molecule has 0 saturated carbocycles. The molecule has 1 aliphatic rings. The minimum Gasteiger partial charge on any atom is -0.497 e. The van der Waals surface area contributed by atoms with Crippen molar-refractivity contribution < 1.29 is 22.8 Å². The molecule has 2 aromatic rings. The average molecular weight is 408 g/mol. The van der Waals surface area contributed by atoms with Gasteiger partial charge in [-0.25, -0.2) is 0 Å². The molecule has 28 heavy (non-hydrogen) atoms. The molecule has 0 radical (unpaired) electrons. The lowest BCUT2D eigenvalue weighted by Crippen LogP contribution is -2.44. The van der Waals surface area contributed by atoms with Crippen LogP contribution in [0.1, 0.15) is 24.0 Å². The number of aliphatic hydroxyl groups excluding tert-OH is 1. The number of methoxy groups -OCH3 is 1. The molecule has 0 bridgehead atoms. The number of rotatable bonds is 5. The second-order valence-corrected chi connectivity index (χ2v) is 8.41. The predicted molar refractivity (Wildman–Crippen MR) is 109 cm³/mol. The molecule has 2 aromatic carbocycles. The fourth-order valence-corrected chi connectivity index (χ4v) is 3.68. The first-order chi connectivity index (χ1) is 13.3. The SMILES string of the molecule is COc1ccc(C[C@@H]2NCCC[C@@H]2CO)cc1.Cc1ccc(S(=O)(=O)O)cc1. The zero-order valence-electron chi connectivity index (χ0n) is 16.3. The fourth-order valence-electron chi connectivity index (χ4n) is 3.20. The van der Waals surface area contributed by atoms with Crippen LogP contribution in [-0.4, -0.2) is 44.4 Å². The van der Waals surface area contributed by atoms with Crippen molar-refractivity contribution >= 4 is 10.1 Å². The quantitative estimate of drug-likeness (QED) is 0.660. The van der Waals surface area contributed by atoms with Crippen molar-refractivity contribution in [3.05, 3.63) is 59.7 Å². The zero-order valence-corrected chi connectivity index (χ0v) is 17.2. The molecule has 0 aromatic heterocycles. The first kappa shape index (κ1) is 22.4. The van der Waals surface area contributed by atoms with Crippen molar-refractivity contribution in [2.24, 2.45) is 5.92 Å². The summed E-state index contributed by atoms with van der Waals surface area (Å²) in [6.45, 7) is 3.19. The van der Waals surface area contributed by atoms with Crippen molar-refractivity contribution in [2.45, 2.75) is 37.1 Å². The van der Waals surface area contributed by atoms with Crippen LogP contribution in [0, 0.1) is 12.8 Å². The van der Waals surface area contributed by atoms with Crippen LogP contribution in [0.2, 0.25) is 0 Å². The van der Waals surface area contributed by atoms with E-state index < -0.39 is 10.1 Å². The minimum absolute atomic E-state index is 0.0666. The Morgan fingerprint density at radius 2 is 1.75 bits per heavy atom. The number of nitrogens with one attached hydrogen (secondary N) is 1. The summed E-state index contributed by atoms with van der Waals surface area (Å²) in [7, 11) is -2.34. The van der Waals surface area contributed by atoms with Crippen LogP contribution in [-0.2, 0) is 16.5 Å². The van der Waals surface area contributed by atoms with E-state index >= 15 is 0 Å². The summed E-state index contributed by atoms with van der Waals surface area (Å²) in [5, 5.41) is 12.9. The van der Waals surface area contributed by atoms with E-state index in [1.165, 1.54) is 24.1 Å². The van der Waals surface area contributed by atoms with E-state index in [0.717, 1.165) is 30.7 Å². The van der Waals surface area contributed by atoms with Crippen molar-refractivity contribution in [1.82, 2.24) is 5.32 Å². The van der Waals surface area contributed by atoms with E-state index in [-0.39, 0.29) is 11.5 Å². The number of piperidine rings is 1. The second-order valence-electron chi connectivity index (χ2n) is 6.99. The molecule has 0 unspecified atom stereocenters. The van der Waals surface area contributed by atoms with Gasteiger partial charge in [0.05, 0.1) is 12.0 Å². The third-order valence-corrected chi connectivity index (χ3v) is 5.76. The standard InChI is InChI=1S/C14H21NO2.C7H8O3S/c1-17-13-6-4-11(5-7-13)9-14-12(10-16)3-2-8-15-14;1-6-2-4-7(5-3-6)11(8,9)10/h4-7,12,14-16H,2-3,8-10H2,1H3;2-5H,1H3,(H,8,9,10)/t12-,14+;/m1./s1. The Labute approximate surface area is 167 Å². The Morgan fingerprint density at radius 1 is 1.11 bits per heavy atom. The zero-order chi connectivity index (χ0) is 20.6. The monoisotopic (exact) mass is 407 g/mol. The number of benzene rings is 2. The fraction of sp³-hybridized carbons (Fsp3) is 0.429. The summed E-state index contributed by atoms with van der Waals surface area (Å²) in [5.74, 6) is 1.29. The normalized spacial score (nSPS) is 19.4. The van der Waals surface area contributed by atoms with Crippen LogP contribution >= 0.6 is 0 Å². The van der Waals surface area contributed by atoms with Crippen LogP contribution in [0.3, 0.4) is 0 Å². The van der Waals surface area contributed by atoms with Gasteiger partial charge in [-0.1, -0.05) is 29.8 Å². The van der Waals surface area contributed by atoms with Gasteiger partial charge in [-0.3, -0.25) is 4.55 Å². The number of aryl methyl sites for hydroxylation is 1. The van der Waals surface area contributed by atoms with E-state index in [2.05, 4.69) is 17.4 Å². The third-order valence-electron chi connectivity index (χ3n) is 4.90. The largest absolute Gasteiger partial charge is 0.497 e. The molecular formula is C21H29NO5S. The highest BCUT2D eigenvalue weighted by molar-refractivity contribution is 7.85. The summed E-state index contributed by atoms with van der Waals surface area (Å²) >= 11 is 0. The van der Waals surface area contributed by atoms with Gasteiger partial charge in [0.15, 0.2) is 0 Å². The van der Waals surface area contributed by atoms with Crippen molar-refractivity contribution in [1.29, 1.82) is 0 Å². The predicted octanol–water partition coefficient (Wildman–Crippen LogP) is 2.84. The number of hydrogen-bond acceptors (Lipinski definition) is 5. The smallest absolute Gasteiger partial charge is 0.294 e. The van der Waals surface area contributed by atoms with E-state index in [9.17, 15) is 13.5 Å². The molecule has 2 atom stereocenters. The lowest BCUT2D eigenvalue weighted by atomic mass is 9.87. The average Bonchev–Trinajstić information content (AvgIpc) is 2.69. The highest BCUT2D eigenvalue weighted by Gasteiger charge is 2.23. The van der Waals surface area contributed by atoms with Crippen LogP contribution in [0.4, 0.5) is 0 Å². The van der Waals surface area contributed by atoms with E-state index in [1.807, 2.05) is 19.1 Å². The lowest BCUT2D eigenvalue weighted by molar-refractivity contribution is 0.159. The molecule has 154 valence electrons. The number of aliphatic hydroxyl groups is 1. The molecule has 3 N–H and O–H groups in total. The molecule has 3 rings (SSSR count). The summed E-state index contributed by atoms with van der Waals surface area (Å²) in [5.41, 5.74) is 2.25. The van der Waals surface area contributed by atoms with Gasteiger partial charge in [0, 0.05) is 12.6 Å². The van der Waals surface area contributed by atoms with Crippen LogP contribution in [0.5, 0.6) is 5.75 Å². The van der Waals surface area contributed by atoms with Crippen molar-refractivity contribution in [3.8, 4) is 5.75 Å². The van der Waals surface area contributed by atoms with Gasteiger partial charge in [-0.05, 0) is 68.5 Å². The van der Waals surface area contributed by atoms with Gasteiger partial charge < -0.3 is 15.2 Å². The molecule has 0 aliphatic carbocycles. The van der Waals surface area contributed by atoms with Gasteiger partial charge in [-0.2, -0.15) is 8.42 Å². The van der Waals surface area contributed by atoms with Crippen molar-refractivity contribution in [2.75, 3.05) is 20.3 Å². The van der Waals surface area contributed by atoms with Crippen LogP contribution in [0.15, 0.2) is 53.4 Å². The van der Waals surface area contributed by atoms with Gasteiger partial charge in [0.2, 0.25) is 0 Å². The van der Waals surface area contributed by atoms with Gasteiger partial charge in [0.1, 0.15) is 5.75 Å². The summed E-state index contributed by atoms with van der Waals surface area (Å²) in [6, 6.07) is 14.6. The Bertz CT molecular complexity index is 819. The van der Waals surface area contributed by atoms with Crippen molar-refractivity contribution in [3.63, 3.8) is 0 Å². The molecule has 0 amide bonds. The Hall–Kier alpha value is -1.93. The summed E-state index contributed by atoms with van der Waals surface area (Å²) < 4.78 is 34.7. The maximum atomic E-state index is 10.5. The Morgan fingerprint density at radius 3 is 2.29 bits per heavy atom. The molecule has 7 heteroatoms. The maximum absolute atomic E-state index is 10.5. The third kappa shape index (κ3) is 6.91. The molecule has 1 aliphatic heterocycles. The summed E-state index contributed by atoms with van der Waals surface area (Å²) in [6.07, 6.45) is 3.28. The first-order valence-electron chi connectivity index (χ1n) is 9.35. The Balaban J connectivity index is 0.000000221. The highest BCUT2D eigenvalue weighted by Crippen LogP contribution is 2.20. The lowest BCUT2D eigenvalue weighted by Gasteiger charge is -2.31. The number of hydrogen-bond donors (Lipinski definition) is 3. The van der Waals surface area contributed by atoms with E-state index in [4.69, 9.17) is 9.29 Å². The number of ether oxygens (including phenoxy) is 1. The van der Waals surface area contributed by atoms with Gasteiger partial charge in [-0.15, -0.1) is 0 Å². The molecule has 1 fully saturated rings. The molecule has 1 saturated heterocycles. The molecule has 0 spiro atoms. The second kappa shape index (κ2) is 10.6. The minimum atomic E-state index is -4.02. The Kier molecular flexibility index (Phi) is 8.44. The highest BCUT2D eigenvalue weighted by atomic mass is 32.2. The molecular weight excluding hydrogens is 378 g/mol. The summed E-state index contributed by atoms with van der Waals surface area (Å²) in [4.78, 5) is -0.0666. The first-order valence-corrected chi connectivity index (χ1v) is 10.8. The van der Waals surface area contributed by atoms with Crippen LogP contribution < -0.4 is 10.1 Å². The van der Waals surface area contributed by atoms with Gasteiger partial charge >= 0.3 is 0 Å². The molecule has 6 nitrogen and oxygen atoms in total.